The molecule has 0 saturated heterocycles. The molecule has 7 heteroatoms. The summed E-state index contributed by atoms with van der Waals surface area (Å²) in [6.45, 7) is 6.14. The van der Waals surface area contributed by atoms with Gasteiger partial charge in [-0.25, -0.2) is 0 Å². The third-order valence-electron chi connectivity index (χ3n) is 3.99. The van der Waals surface area contributed by atoms with Crippen molar-refractivity contribution in [1.82, 2.24) is 9.78 Å². The number of carboxylic acid groups (broad SMARTS) is 1. The van der Waals surface area contributed by atoms with E-state index in [0.717, 1.165) is 0 Å². The third kappa shape index (κ3) is 5.44. The Balaban J connectivity index is 2.23. The minimum Gasteiger partial charge on any atom is -0.505 e. The number of nitrogens with zero attached hydrogens (tertiary/aromatic N) is 2. The molecule has 0 radical (unpaired) electrons. The van der Waals surface area contributed by atoms with E-state index in [9.17, 15) is 14.7 Å². The molecular formula is C20H25N3O4. The van der Waals surface area contributed by atoms with Crippen molar-refractivity contribution in [3.63, 3.8) is 0 Å². The first-order chi connectivity index (χ1) is 12.8. The molecule has 0 amide bonds. The number of hydrogen-bond acceptors (Lipinski definition) is 4. The lowest BCUT2D eigenvalue weighted by Crippen LogP contribution is -2.19. The summed E-state index contributed by atoms with van der Waals surface area (Å²) >= 11 is 0. The number of rotatable bonds is 8. The van der Waals surface area contributed by atoms with Gasteiger partial charge < -0.3 is 10.2 Å². The van der Waals surface area contributed by atoms with Crippen LogP contribution in [0.25, 0.3) is 6.08 Å². The highest BCUT2D eigenvalue weighted by Gasteiger charge is 2.10. The molecule has 0 aliphatic heterocycles. The number of para-hydroxylation sites is 1. The van der Waals surface area contributed by atoms with Crippen molar-refractivity contribution in [2.75, 3.05) is 0 Å². The molecule has 0 unspecified atom stereocenters. The Labute approximate surface area is 157 Å². The highest BCUT2D eigenvalue weighted by molar-refractivity contribution is 5.84. The van der Waals surface area contributed by atoms with E-state index in [2.05, 4.69) is 10.1 Å². The summed E-state index contributed by atoms with van der Waals surface area (Å²) in [6, 6.07) is 5.26. The topological polar surface area (TPSA) is 108 Å². The predicted molar refractivity (Wildman–Crippen MR) is 106 cm³/mol. The minimum atomic E-state index is -0.894. The van der Waals surface area contributed by atoms with Crippen LogP contribution in [0.1, 0.15) is 43.5 Å². The van der Waals surface area contributed by atoms with Crippen LogP contribution in [0.15, 0.2) is 34.1 Å². The molecule has 0 atom stereocenters. The predicted octanol–water partition coefficient (Wildman–Crippen LogP) is 3.48. The monoisotopic (exact) mass is 371 g/mol. The van der Waals surface area contributed by atoms with Gasteiger partial charge in [0.05, 0.1) is 5.56 Å². The summed E-state index contributed by atoms with van der Waals surface area (Å²) in [6.07, 6.45) is 5.60. The van der Waals surface area contributed by atoms with Crippen molar-refractivity contribution in [3.05, 3.63) is 51.4 Å². The van der Waals surface area contributed by atoms with Crippen molar-refractivity contribution in [1.29, 1.82) is 0 Å². The fraction of sp³-hybridized carbons (Fsp3) is 0.350. The van der Waals surface area contributed by atoms with Gasteiger partial charge in [0.15, 0.2) is 0 Å². The fourth-order valence-electron chi connectivity index (χ4n) is 2.53. The Kier molecular flexibility index (Phi) is 6.76. The smallest absolute Gasteiger partial charge is 0.303 e. The zero-order chi connectivity index (χ0) is 20.0. The molecule has 1 aromatic heterocycles. The molecule has 0 aliphatic rings. The number of carboxylic acids is 1. The van der Waals surface area contributed by atoms with Crippen LogP contribution in [0.4, 0.5) is 5.69 Å². The van der Waals surface area contributed by atoms with Gasteiger partial charge >= 0.3 is 5.97 Å². The zero-order valence-electron chi connectivity index (χ0n) is 15.8. The van der Waals surface area contributed by atoms with E-state index in [4.69, 9.17) is 5.11 Å². The lowest BCUT2D eigenvalue weighted by atomic mass is 10.1. The SMILES string of the molecule is Cc1[nH]n(CCCC(=O)O)c(=O)c1C=Nc1cccc(/C=C/C(C)C)c1O. The maximum absolute atomic E-state index is 12.4. The molecule has 1 aromatic carbocycles. The number of allylic oxidation sites excluding steroid dienone is 1. The van der Waals surface area contributed by atoms with E-state index in [0.29, 0.717) is 41.4 Å². The number of aliphatic carboxylic acids is 1. The summed E-state index contributed by atoms with van der Waals surface area (Å²) in [5.41, 5.74) is 1.79. The number of aliphatic imine (C=N–C) groups is 1. The van der Waals surface area contributed by atoms with Crippen LogP contribution >= 0.6 is 0 Å². The van der Waals surface area contributed by atoms with E-state index < -0.39 is 5.97 Å². The number of H-pyrrole nitrogens is 1. The second-order valence-corrected chi connectivity index (χ2v) is 6.68. The molecule has 0 saturated carbocycles. The second kappa shape index (κ2) is 9.02. The number of phenols is 1. The van der Waals surface area contributed by atoms with E-state index in [1.807, 2.05) is 26.0 Å². The molecule has 0 bridgehead atoms. The summed E-state index contributed by atoms with van der Waals surface area (Å²) in [7, 11) is 0. The molecule has 7 nitrogen and oxygen atoms in total. The Morgan fingerprint density at radius 2 is 2.11 bits per heavy atom. The Bertz CT molecular complexity index is 920. The fourth-order valence-corrected chi connectivity index (χ4v) is 2.53. The first-order valence-corrected chi connectivity index (χ1v) is 8.85. The molecule has 144 valence electrons. The standard InChI is InChI=1S/C20H25N3O4/c1-13(2)9-10-15-6-4-7-17(19(15)26)21-12-16-14(3)22-23(20(16)27)11-5-8-18(24)25/h4,6-7,9-10,12-13,22,26H,5,8,11H2,1-3H3,(H,24,25)/b10-9+,21-12?. The van der Waals surface area contributed by atoms with Gasteiger partial charge in [0.1, 0.15) is 11.4 Å². The van der Waals surface area contributed by atoms with Gasteiger partial charge in [-0.2, -0.15) is 0 Å². The Hall–Kier alpha value is -3.09. The van der Waals surface area contributed by atoms with Gasteiger partial charge in [-0.05, 0) is 25.3 Å². The molecule has 2 rings (SSSR count). The number of benzene rings is 1. The molecule has 27 heavy (non-hydrogen) atoms. The number of aromatic nitrogens is 2. The normalized spacial score (nSPS) is 11.9. The van der Waals surface area contributed by atoms with Gasteiger partial charge in [-0.1, -0.05) is 38.1 Å². The van der Waals surface area contributed by atoms with Crippen LogP contribution in [0.3, 0.4) is 0 Å². The maximum atomic E-state index is 12.4. The minimum absolute atomic E-state index is 0.00150. The molecule has 0 spiro atoms. The summed E-state index contributed by atoms with van der Waals surface area (Å²) in [5, 5.41) is 22.0. The molecule has 1 heterocycles. The maximum Gasteiger partial charge on any atom is 0.303 e. The molecule has 3 N–H and O–H groups in total. The van der Waals surface area contributed by atoms with Gasteiger partial charge in [0.2, 0.25) is 0 Å². The van der Waals surface area contributed by atoms with Crippen LogP contribution in [0, 0.1) is 12.8 Å². The van der Waals surface area contributed by atoms with E-state index in [1.54, 1.807) is 25.1 Å². The number of nitrogens with one attached hydrogen (secondary N) is 1. The number of hydrogen-bond donors (Lipinski definition) is 3. The number of aromatic hydroxyl groups is 1. The van der Waals surface area contributed by atoms with Crippen LogP contribution < -0.4 is 5.56 Å². The van der Waals surface area contributed by atoms with Crippen LogP contribution in [-0.2, 0) is 11.3 Å². The van der Waals surface area contributed by atoms with Crippen LogP contribution in [0.2, 0.25) is 0 Å². The average molecular weight is 371 g/mol. The van der Waals surface area contributed by atoms with Crippen molar-refractivity contribution >= 4 is 23.9 Å². The Morgan fingerprint density at radius 3 is 2.78 bits per heavy atom. The van der Waals surface area contributed by atoms with Crippen molar-refractivity contribution in [2.45, 2.75) is 40.2 Å². The number of aromatic amines is 1. The van der Waals surface area contributed by atoms with Crippen LogP contribution in [-0.4, -0.2) is 32.2 Å². The van der Waals surface area contributed by atoms with E-state index >= 15 is 0 Å². The molecule has 2 aromatic rings. The van der Waals surface area contributed by atoms with Gasteiger partial charge in [0, 0.05) is 30.4 Å². The molecule has 0 fully saturated rings. The number of aryl methyl sites for hydroxylation is 2. The molecular weight excluding hydrogens is 346 g/mol. The Morgan fingerprint density at radius 1 is 1.37 bits per heavy atom. The van der Waals surface area contributed by atoms with Crippen molar-refractivity contribution < 1.29 is 15.0 Å². The molecule has 0 aliphatic carbocycles. The number of carbonyl (C=O) groups is 1. The average Bonchev–Trinajstić information content (AvgIpc) is 2.86. The highest BCUT2D eigenvalue weighted by Crippen LogP contribution is 2.31. The highest BCUT2D eigenvalue weighted by atomic mass is 16.4. The lowest BCUT2D eigenvalue weighted by molar-refractivity contribution is -0.137. The van der Waals surface area contributed by atoms with E-state index in [-0.39, 0.29) is 17.7 Å². The first kappa shape index (κ1) is 20.2. The van der Waals surface area contributed by atoms with Gasteiger partial charge in [0.25, 0.3) is 5.56 Å². The lowest BCUT2D eigenvalue weighted by Gasteiger charge is -2.03. The zero-order valence-corrected chi connectivity index (χ0v) is 15.8. The van der Waals surface area contributed by atoms with Crippen LogP contribution in [0.5, 0.6) is 5.75 Å². The van der Waals surface area contributed by atoms with Gasteiger partial charge in [-0.15, -0.1) is 0 Å². The van der Waals surface area contributed by atoms with Crippen molar-refractivity contribution in [2.24, 2.45) is 10.9 Å². The largest absolute Gasteiger partial charge is 0.505 e. The van der Waals surface area contributed by atoms with E-state index in [1.165, 1.54) is 10.9 Å². The first-order valence-electron chi connectivity index (χ1n) is 8.85. The third-order valence-corrected chi connectivity index (χ3v) is 3.99. The summed E-state index contributed by atoms with van der Waals surface area (Å²) in [4.78, 5) is 27.3. The number of phenolic OH excluding ortho intramolecular Hbond substituents is 1. The summed E-state index contributed by atoms with van der Waals surface area (Å²) in [5.74, 6) is -0.478. The summed E-state index contributed by atoms with van der Waals surface area (Å²) < 4.78 is 1.38. The van der Waals surface area contributed by atoms with Crippen molar-refractivity contribution in [3.8, 4) is 5.75 Å². The second-order valence-electron chi connectivity index (χ2n) is 6.68. The quantitative estimate of drug-likeness (QED) is 0.617. The van der Waals surface area contributed by atoms with Gasteiger partial charge in [-0.3, -0.25) is 24.4 Å².